The van der Waals surface area contributed by atoms with Gasteiger partial charge in [-0.05, 0) is 36.4 Å². The first-order chi connectivity index (χ1) is 14.5. The normalized spacial score (nSPS) is 13.3. The summed E-state index contributed by atoms with van der Waals surface area (Å²) in [6.07, 6.45) is -4.58. The van der Waals surface area contributed by atoms with E-state index in [1.807, 2.05) is 0 Å². The molecule has 0 N–H and O–H groups in total. The molecular formula is C20H14ClF3NO5P. The quantitative estimate of drug-likeness (QED) is 0.228. The Labute approximate surface area is 179 Å². The van der Waals surface area contributed by atoms with Gasteiger partial charge in [0.25, 0.3) is 13.1 Å². The van der Waals surface area contributed by atoms with Gasteiger partial charge in [-0.2, -0.15) is 13.2 Å². The number of alkyl halides is 3. The van der Waals surface area contributed by atoms with Crippen molar-refractivity contribution in [2.75, 3.05) is 6.66 Å². The molecule has 0 aliphatic heterocycles. The van der Waals surface area contributed by atoms with Crippen LogP contribution in [0.15, 0.2) is 66.7 Å². The summed E-state index contributed by atoms with van der Waals surface area (Å²) in [4.78, 5) is 10.7. The predicted octanol–water partition coefficient (Wildman–Crippen LogP) is 6.67. The monoisotopic (exact) mass is 471 g/mol. The molecule has 0 aliphatic rings. The molecule has 3 aromatic rings. The Balaban J connectivity index is 1.97. The highest BCUT2D eigenvalue weighted by molar-refractivity contribution is 7.66. The van der Waals surface area contributed by atoms with Crippen molar-refractivity contribution in [3.8, 4) is 17.2 Å². The van der Waals surface area contributed by atoms with E-state index in [2.05, 4.69) is 0 Å². The molecule has 1 unspecified atom stereocenters. The minimum absolute atomic E-state index is 0.0130. The second-order valence-electron chi connectivity index (χ2n) is 6.40. The molecule has 0 bridgehead atoms. The Morgan fingerprint density at radius 3 is 2.26 bits per heavy atom. The van der Waals surface area contributed by atoms with Crippen molar-refractivity contribution >= 4 is 30.0 Å². The van der Waals surface area contributed by atoms with Crippen LogP contribution >= 0.6 is 19.0 Å². The van der Waals surface area contributed by atoms with Crippen molar-refractivity contribution in [3.05, 3.63) is 87.4 Å². The van der Waals surface area contributed by atoms with Crippen molar-refractivity contribution < 1.29 is 31.9 Å². The van der Waals surface area contributed by atoms with E-state index in [4.69, 9.17) is 20.9 Å². The number of hydrogen-bond acceptors (Lipinski definition) is 5. The van der Waals surface area contributed by atoms with Crippen molar-refractivity contribution in [3.63, 3.8) is 0 Å². The molecule has 11 heteroatoms. The van der Waals surface area contributed by atoms with Gasteiger partial charge < -0.3 is 9.26 Å². The summed E-state index contributed by atoms with van der Waals surface area (Å²) in [7, 11) is -3.74. The van der Waals surface area contributed by atoms with Gasteiger partial charge in [0, 0.05) is 18.8 Å². The predicted molar refractivity (Wildman–Crippen MR) is 110 cm³/mol. The molecule has 1 atom stereocenters. The van der Waals surface area contributed by atoms with Crippen LogP contribution in [0.2, 0.25) is 5.02 Å². The SMILES string of the molecule is CP(=O)(Oc1ccccc1)c1cc(Oc2ccc(C(F)(F)F)cc2Cl)ccc1[N+](=O)[O-]. The van der Waals surface area contributed by atoms with Gasteiger partial charge in [-0.1, -0.05) is 29.8 Å². The Morgan fingerprint density at radius 1 is 1.00 bits per heavy atom. The third-order valence-electron chi connectivity index (χ3n) is 4.09. The molecule has 0 aliphatic carbocycles. The van der Waals surface area contributed by atoms with Crippen LogP contribution in [0.5, 0.6) is 17.2 Å². The van der Waals surface area contributed by atoms with E-state index in [0.29, 0.717) is 6.07 Å². The first-order valence-electron chi connectivity index (χ1n) is 8.63. The number of para-hydroxylation sites is 1. The fourth-order valence-electron chi connectivity index (χ4n) is 2.67. The molecule has 0 fully saturated rings. The standard InChI is InChI=1S/C20H14ClF3NO5P/c1-31(28,30-14-5-3-2-4-6-14)19-12-15(8-9-17(19)25(26)27)29-18-10-7-13(11-16(18)21)20(22,23)24/h2-12H,1H3. The van der Waals surface area contributed by atoms with Crippen molar-refractivity contribution in [1.29, 1.82) is 0 Å². The highest BCUT2D eigenvalue weighted by Gasteiger charge is 2.32. The molecule has 6 nitrogen and oxygen atoms in total. The molecule has 0 saturated heterocycles. The van der Waals surface area contributed by atoms with Gasteiger partial charge in [-0.15, -0.1) is 0 Å². The third kappa shape index (κ3) is 5.37. The average molecular weight is 472 g/mol. The van der Waals surface area contributed by atoms with Gasteiger partial charge in [0.2, 0.25) is 0 Å². The fraction of sp³-hybridized carbons (Fsp3) is 0.100. The molecule has 0 saturated carbocycles. The molecule has 162 valence electrons. The van der Waals surface area contributed by atoms with E-state index in [0.717, 1.165) is 24.3 Å². The van der Waals surface area contributed by atoms with Crippen LogP contribution in [0.1, 0.15) is 5.56 Å². The van der Waals surface area contributed by atoms with Gasteiger partial charge in [-0.3, -0.25) is 14.7 Å². The maximum Gasteiger partial charge on any atom is 0.416 e. The third-order valence-corrected chi connectivity index (χ3v) is 6.18. The van der Waals surface area contributed by atoms with Gasteiger partial charge in [0.05, 0.1) is 15.5 Å². The lowest BCUT2D eigenvalue weighted by molar-refractivity contribution is -0.383. The number of rotatable bonds is 6. The highest BCUT2D eigenvalue weighted by Crippen LogP contribution is 2.46. The Morgan fingerprint density at radius 2 is 1.68 bits per heavy atom. The number of nitro benzene ring substituents is 1. The maximum atomic E-state index is 13.2. The van der Waals surface area contributed by atoms with Crippen LogP contribution < -0.4 is 14.6 Å². The van der Waals surface area contributed by atoms with Crippen molar-refractivity contribution in [1.82, 2.24) is 0 Å². The van der Waals surface area contributed by atoms with Gasteiger partial charge in [-0.25, -0.2) is 0 Å². The zero-order chi connectivity index (χ0) is 22.8. The average Bonchev–Trinajstić information content (AvgIpc) is 2.69. The minimum atomic E-state index is -4.58. The first kappa shape index (κ1) is 22.7. The Bertz CT molecular complexity index is 1170. The molecule has 0 amide bonds. The van der Waals surface area contributed by atoms with Crippen LogP contribution in [0.4, 0.5) is 18.9 Å². The topological polar surface area (TPSA) is 78.7 Å². The van der Waals surface area contributed by atoms with E-state index in [-0.39, 0.29) is 27.6 Å². The van der Waals surface area contributed by atoms with E-state index in [9.17, 15) is 27.9 Å². The van der Waals surface area contributed by atoms with Gasteiger partial charge in [0.1, 0.15) is 22.6 Å². The van der Waals surface area contributed by atoms with Crippen LogP contribution in [0.25, 0.3) is 0 Å². The zero-order valence-electron chi connectivity index (χ0n) is 15.8. The summed E-state index contributed by atoms with van der Waals surface area (Å²) in [6.45, 7) is 1.22. The second-order valence-corrected chi connectivity index (χ2v) is 9.17. The molecule has 0 radical (unpaired) electrons. The number of halogens is 4. The molecule has 0 spiro atoms. The van der Waals surface area contributed by atoms with Crippen LogP contribution in [0.3, 0.4) is 0 Å². The summed E-state index contributed by atoms with van der Waals surface area (Å²) < 4.78 is 62.6. The number of nitro groups is 1. The first-order valence-corrected chi connectivity index (χ1v) is 11.1. The van der Waals surface area contributed by atoms with Crippen molar-refractivity contribution in [2.24, 2.45) is 0 Å². The van der Waals surface area contributed by atoms with Crippen LogP contribution in [-0.4, -0.2) is 11.6 Å². The number of hydrogen-bond donors (Lipinski definition) is 0. The lowest BCUT2D eigenvalue weighted by Gasteiger charge is -2.17. The summed E-state index contributed by atoms with van der Waals surface area (Å²) >= 11 is 5.89. The molecule has 3 aromatic carbocycles. The highest BCUT2D eigenvalue weighted by atomic mass is 35.5. The van der Waals surface area contributed by atoms with E-state index >= 15 is 0 Å². The van der Waals surface area contributed by atoms with Crippen LogP contribution in [0, 0.1) is 10.1 Å². The van der Waals surface area contributed by atoms with Crippen molar-refractivity contribution in [2.45, 2.75) is 6.18 Å². The summed E-state index contributed by atoms with van der Waals surface area (Å²) in [5.74, 6) is 0.130. The Kier molecular flexibility index (Phi) is 6.29. The molecular weight excluding hydrogens is 458 g/mol. The second kappa shape index (κ2) is 8.61. The summed E-state index contributed by atoms with van der Waals surface area (Å²) in [5.41, 5.74) is -1.41. The summed E-state index contributed by atoms with van der Waals surface area (Å²) in [6, 6.07) is 14.1. The largest absolute Gasteiger partial charge is 0.456 e. The number of benzene rings is 3. The Hall–Kier alpha value is -3.03. The minimum Gasteiger partial charge on any atom is -0.456 e. The molecule has 3 rings (SSSR count). The van der Waals surface area contributed by atoms with Crippen LogP contribution in [-0.2, 0) is 10.7 Å². The fourth-order valence-corrected chi connectivity index (χ4v) is 4.44. The lowest BCUT2D eigenvalue weighted by Crippen LogP contribution is -2.14. The summed E-state index contributed by atoms with van der Waals surface area (Å²) in [5, 5.41) is 10.9. The number of nitrogens with zero attached hydrogens (tertiary/aromatic N) is 1. The zero-order valence-corrected chi connectivity index (χ0v) is 17.4. The molecule has 31 heavy (non-hydrogen) atoms. The molecule has 0 aromatic heterocycles. The lowest BCUT2D eigenvalue weighted by atomic mass is 10.2. The smallest absolute Gasteiger partial charge is 0.416 e. The van der Waals surface area contributed by atoms with Gasteiger partial charge in [0.15, 0.2) is 0 Å². The number of ether oxygens (including phenoxy) is 1. The van der Waals surface area contributed by atoms with E-state index in [1.54, 1.807) is 30.3 Å². The maximum absolute atomic E-state index is 13.2. The van der Waals surface area contributed by atoms with E-state index < -0.39 is 29.7 Å². The molecule has 0 heterocycles. The van der Waals surface area contributed by atoms with E-state index in [1.165, 1.54) is 12.7 Å². The van der Waals surface area contributed by atoms with Gasteiger partial charge >= 0.3 is 6.18 Å².